The number of benzene rings is 2. The van der Waals surface area contributed by atoms with Crippen LogP contribution >= 0.6 is 11.6 Å². The number of hydrogen-bond donors (Lipinski definition) is 3. The van der Waals surface area contributed by atoms with Crippen LogP contribution in [-0.2, 0) is 4.79 Å². The molecule has 0 saturated heterocycles. The largest absolute Gasteiger partial charge is 0.337 e. The Kier molecular flexibility index (Phi) is 5.42. The second-order valence-electron chi connectivity index (χ2n) is 8.33. The van der Waals surface area contributed by atoms with Gasteiger partial charge in [0.15, 0.2) is 11.5 Å². The van der Waals surface area contributed by atoms with Crippen molar-refractivity contribution in [2.45, 2.75) is 13.3 Å². The van der Waals surface area contributed by atoms with Crippen LogP contribution in [-0.4, -0.2) is 36.0 Å². The molecule has 6 rings (SSSR count). The third-order valence-electron chi connectivity index (χ3n) is 5.98. The molecule has 36 heavy (non-hydrogen) atoms. The lowest BCUT2D eigenvalue weighted by atomic mass is 10.0. The summed E-state index contributed by atoms with van der Waals surface area (Å²) in [6.45, 7) is 1.80. The highest BCUT2D eigenvalue weighted by Crippen LogP contribution is 2.33. The van der Waals surface area contributed by atoms with E-state index < -0.39 is 0 Å². The number of hydrogen-bond acceptors (Lipinski definition) is 5. The van der Waals surface area contributed by atoms with Gasteiger partial charge >= 0.3 is 0 Å². The molecule has 2 aromatic carbocycles. The maximum Gasteiger partial charge on any atom is 0.225 e. The minimum absolute atomic E-state index is 0.0780. The highest BCUT2D eigenvalue weighted by molar-refractivity contribution is 6.30. The Labute approximate surface area is 210 Å². The van der Waals surface area contributed by atoms with Gasteiger partial charge in [0.05, 0.1) is 16.4 Å². The summed E-state index contributed by atoms with van der Waals surface area (Å²) in [5.41, 5.74) is 6.81. The van der Waals surface area contributed by atoms with Gasteiger partial charge in [-0.2, -0.15) is 5.10 Å². The summed E-state index contributed by atoms with van der Waals surface area (Å²) in [5, 5.41) is 11.7. The maximum atomic E-state index is 11.6. The number of rotatable bonds is 5. The van der Waals surface area contributed by atoms with E-state index in [9.17, 15) is 4.79 Å². The first-order valence-electron chi connectivity index (χ1n) is 11.4. The van der Waals surface area contributed by atoms with Gasteiger partial charge in [0.2, 0.25) is 5.91 Å². The number of aromatic amines is 2. The summed E-state index contributed by atoms with van der Waals surface area (Å²) < 4.78 is 0. The standard InChI is InChI=1S/C27H20ClN7O/c1-2-23(36)32-22-10-9-16(13-29-22)17-12-20-25(34-35-26(20)30-14-17)27-31-21-8-4-7-19(24(21)33-27)15-5-3-6-18(28)11-15/h3-14H,2H2,1H3,(H,31,33)(H,29,32,36)(H,30,34,35). The van der Waals surface area contributed by atoms with E-state index in [0.29, 0.717) is 28.7 Å². The lowest BCUT2D eigenvalue weighted by Crippen LogP contribution is -2.10. The van der Waals surface area contributed by atoms with E-state index in [4.69, 9.17) is 16.6 Å². The second kappa shape index (κ2) is 8.90. The summed E-state index contributed by atoms with van der Waals surface area (Å²) in [6.07, 6.45) is 3.87. The maximum absolute atomic E-state index is 11.6. The summed E-state index contributed by atoms with van der Waals surface area (Å²) in [7, 11) is 0. The van der Waals surface area contributed by atoms with E-state index in [2.05, 4.69) is 30.5 Å². The molecule has 0 aliphatic carbocycles. The van der Waals surface area contributed by atoms with Crippen molar-refractivity contribution in [2.75, 3.05) is 5.32 Å². The number of H-pyrrole nitrogens is 2. The van der Waals surface area contributed by atoms with Crippen LogP contribution in [0.3, 0.4) is 0 Å². The Bertz CT molecular complexity index is 1740. The molecule has 0 atom stereocenters. The van der Waals surface area contributed by atoms with E-state index in [1.165, 1.54) is 0 Å². The Morgan fingerprint density at radius 1 is 0.972 bits per heavy atom. The number of imidazole rings is 1. The highest BCUT2D eigenvalue weighted by atomic mass is 35.5. The molecule has 0 aliphatic rings. The van der Waals surface area contributed by atoms with Gasteiger partial charge in [-0.05, 0) is 42.0 Å². The number of carbonyl (C=O) groups excluding carboxylic acids is 1. The Hall–Kier alpha value is -4.56. The normalized spacial score (nSPS) is 11.3. The van der Waals surface area contributed by atoms with Crippen LogP contribution in [0.4, 0.5) is 5.82 Å². The monoisotopic (exact) mass is 493 g/mol. The number of anilines is 1. The van der Waals surface area contributed by atoms with Gasteiger partial charge < -0.3 is 10.3 Å². The molecular formula is C27H20ClN7O. The van der Waals surface area contributed by atoms with Gasteiger partial charge in [-0.25, -0.2) is 15.0 Å². The van der Waals surface area contributed by atoms with Gasteiger partial charge in [-0.3, -0.25) is 9.89 Å². The van der Waals surface area contributed by atoms with Crippen molar-refractivity contribution >= 4 is 45.4 Å². The molecule has 0 unspecified atom stereocenters. The Balaban J connectivity index is 1.40. The topological polar surface area (TPSA) is 112 Å². The predicted octanol–water partition coefficient (Wildman–Crippen LogP) is 6.23. The molecule has 0 saturated carbocycles. The van der Waals surface area contributed by atoms with Crippen LogP contribution in [0.1, 0.15) is 13.3 Å². The van der Waals surface area contributed by atoms with E-state index in [1.807, 2.05) is 54.6 Å². The second-order valence-corrected chi connectivity index (χ2v) is 8.76. The fourth-order valence-corrected chi connectivity index (χ4v) is 4.34. The number of nitrogens with one attached hydrogen (secondary N) is 3. The number of fused-ring (bicyclic) bond motifs is 2. The fraction of sp³-hybridized carbons (Fsp3) is 0.0741. The van der Waals surface area contributed by atoms with Crippen LogP contribution in [0.2, 0.25) is 5.02 Å². The van der Waals surface area contributed by atoms with E-state index in [1.54, 1.807) is 25.4 Å². The van der Waals surface area contributed by atoms with E-state index in [0.717, 1.165) is 44.4 Å². The molecule has 176 valence electrons. The van der Waals surface area contributed by atoms with E-state index in [-0.39, 0.29) is 5.91 Å². The number of carbonyl (C=O) groups is 1. The zero-order valence-electron chi connectivity index (χ0n) is 19.2. The molecule has 8 nitrogen and oxygen atoms in total. The molecule has 1 amide bonds. The quantitative estimate of drug-likeness (QED) is 0.263. The lowest BCUT2D eigenvalue weighted by Gasteiger charge is -2.05. The molecule has 3 N–H and O–H groups in total. The first-order valence-corrected chi connectivity index (χ1v) is 11.8. The number of pyridine rings is 2. The van der Waals surface area contributed by atoms with Crippen molar-refractivity contribution in [2.24, 2.45) is 0 Å². The van der Waals surface area contributed by atoms with Crippen LogP contribution in [0.5, 0.6) is 0 Å². The lowest BCUT2D eigenvalue weighted by molar-refractivity contribution is -0.115. The Morgan fingerprint density at radius 3 is 2.64 bits per heavy atom. The van der Waals surface area contributed by atoms with Crippen molar-refractivity contribution < 1.29 is 4.79 Å². The third-order valence-corrected chi connectivity index (χ3v) is 6.22. The number of nitrogens with zero attached hydrogens (tertiary/aromatic N) is 4. The first kappa shape index (κ1) is 21.9. The van der Waals surface area contributed by atoms with Gasteiger partial charge in [0, 0.05) is 40.5 Å². The van der Waals surface area contributed by atoms with Crippen molar-refractivity contribution in [3.05, 3.63) is 78.1 Å². The molecule has 6 aromatic rings. The van der Waals surface area contributed by atoms with E-state index >= 15 is 0 Å². The number of amides is 1. The zero-order chi connectivity index (χ0) is 24.6. The predicted molar refractivity (Wildman–Crippen MR) is 142 cm³/mol. The average molecular weight is 494 g/mol. The van der Waals surface area contributed by atoms with Crippen molar-refractivity contribution in [1.29, 1.82) is 0 Å². The number of aromatic nitrogens is 6. The van der Waals surface area contributed by atoms with Crippen molar-refractivity contribution in [3.8, 4) is 33.8 Å². The first-order chi connectivity index (χ1) is 17.6. The SMILES string of the molecule is CCC(=O)Nc1ccc(-c2cnc3n[nH]c(-c4nc5c(-c6cccc(Cl)c6)cccc5[nH]4)c3c2)cn1. The molecule has 0 aliphatic heterocycles. The molecule has 0 radical (unpaired) electrons. The van der Waals surface area contributed by atoms with Gasteiger partial charge in [0.25, 0.3) is 0 Å². The number of para-hydroxylation sites is 1. The Morgan fingerprint density at radius 2 is 1.83 bits per heavy atom. The van der Waals surface area contributed by atoms with Gasteiger partial charge in [0.1, 0.15) is 11.5 Å². The molecule has 4 aromatic heterocycles. The van der Waals surface area contributed by atoms with Gasteiger partial charge in [-0.15, -0.1) is 0 Å². The molecule has 0 spiro atoms. The van der Waals surface area contributed by atoms with Crippen LogP contribution in [0, 0.1) is 0 Å². The highest BCUT2D eigenvalue weighted by Gasteiger charge is 2.16. The smallest absolute Gasteiger partial charge is 0.225 e. The molecule has 4 heterocycles. The molecule has 9 heteroatoms. The van der Waals surface area contributed by atoms with Gasteiger partial charge in [-0.1, -0.05) is 42.8 Å². The zero-order valence-corrected chi connectivity index (χ0v) is 20.0. The summed E-state index contributed by atoms with van der Waals surface area (Å²) in [5.74, 6) is 1.10. The fourth-order valence-electron chi connectivity index (χ4n) is 4.15. The van der Waals surface area contributed by atoms with Crippen LogP contribution < -0.4 is 5.32 Å². The minimum Gasteiger partial charge on any atom is -0.337 e. The van der Waals surface area contributed by atoms with Crippen molar-refractivity contribution in [3.63, 3.8) is 0 Å². The minimum atomic E-state index is -0.0780. The summed E-state index contributed by atoms with van der Waals surface area (Å²) in [6, 6.07) is 19.4. The number of halogens is 1. The summed E-state index contributed by atoms with van der Waals surface area (Å²) in [4.78, 5) is 28.8. The third kappa shape index (κ3) is 3.97. The van der Waals surface area contributed by atoms with Crippen molar-refractivity contribution in [1.82, 2.24) is 30.1 Å². The summed E-state index contributed by atoms with van der Waals surface area (Å²) >= 11 is 6.23. The molecule has 0 bridgehead atoms. The molecular weight excluding hydrogens is 474 g/mol. The van der Waals surface area contributed by atoms with Crippen LogP contribution in [0.25, 0.3) is 55.8 Å². The van der Waals surface area contributed by atoms with Crippen LogP contribution in [0.15, 0.2) is 73.1 Å². The average Bonchev–Trinajstić information content (AvgIpc) is 3.52. The molecule has 0 fully saturated rings.